The van der Waals surface area contributed by atoms with Gasteiger partial charge in [-0.1, -0.05) is 28.4 Å². The van der Waals surface area contributed by atoms with Gasteiger partial charge in [-0.05, 0) is 46.0 Å². The van der Waals surface area contributed by atoms with Crippen LogP contribution in [0.1, 0.15) is 35.6 Å². The van der Waals surface area contributed by atoms with E-state index in [4.69, 9.17) is 27.7 Å². The highest BCUT2D eigenvalue weighted by Gasteiger charge is 2.18. The summed E-state index contributed by atoms with van der Waals surface area (Å²) in [6, 6.07) is 5.66. The van der Waals surface area contributed by atoms with Crippen LogP contribution in [0, 0.1) is 13.8 Å². The zero-order valence-corrected chi connectivity index (χ0v) is 16.7. The lowest BCUT2D eigenvalue weighted by atomic mass is 10.1. The average molecular weight is 394 g/mol. The minimum absolute atomic E-state index is 0.290. The predicted octanol–water partition coefficient (Wildman–Crippen LogP) is 3.92. The summed E-state index contributed by atoms with van der Waals surface area (Å²) in [4.78, 5) is 4.49. The molecule has 3 rings (SSSR count). The van der Waals surface area contributed by atoms with E-state index in [1.54, 1.807) is 12.1 Å². The highest BCUT2D eigenvalue weighted by molar-refractivity contribution is 6.35. The third kappa shape index (κ3) is 3.92. The molecule has 0 aliphatic rings. The van der Waals surface area contributed by atoms with E-state index >= 15 is 0 Å². The molecule has 0 aliphatic carbocycles. The van der Waals surface area contributed by atoms with Gasteiger partial charge in [0.2, 0.25) is 5.89 Å². The lowest BCUT2D eigenvalue weighted by Gasteiger charge is -2.07. The molecule has 3 aromatic rings. The standard InChI is InChI=1S/C18H21Cl2N5O/c1-10(21-4)7-17-22-18(26-24-17)9-14-11(2)23-25(12(14)3)16-6-5-13(19)8-15(16)20/h5-6,8,10,21H,7,9H2,1-4H3. The Morgan fingerprint density at radius 2 is 2.04 bits per heavy atom. The van der Waals surface area contributed by atoms with Crippen LogP contribution in [-0.4, -0.2) is 33.0 Å². The van der Waals surface area contributed by atoms with E-state index in [-0.39, 0.29) is 0 Å². The smallest absolute Gasteiger partial charge is 0.231 e. The maximum Gasteiger partial charge on any atom is 0.231 e. The molecule has 0 spiro atoms. The summed E-state index contributed by atoms with van der Waals surface area (Å²) in [5, 5.41) is 13.0. The lowest BCUT2D eigenvalue weighted by molar-refractivity contribution is 0.377. The van der Waals surface area contributed by atoms with E-state index in [1.165, 1.54) is 0 Å². The lowest BCUT2D eigenvalue weighted by Crippen LogP contribution is -2.24. The van der Waals surface area contributed by atoms with Gasteiger partial charge < -0.3 is 9.84 Å². The van der Waals surface area contributed by atoms with Gasteiger partial charge in [-0.3, -0.25) is 0 Å². The van der Waals surface area contributed by atoms with Crippen LogP contribution in [0.4, 0.5) is 0 Å². The minimum Gasteiger partial charge on any atom is -0.339 e. The number of nitrogens with zero attached hydrogens (tertiary/aromatic N) is 4. The number of hydrogen-bond acceptors (Lipinski definition) is 5. The number of rotatable bonds is 6. The normalized spacial score (nSPS) is 12.5. The first-order chi connectivity index (χ1) is 12.4. The Morgan fingerprint density at radius 3 is 2.73 bits per heavy atom. The number of halogens is 2. The second-order valence-electron chi connectivity index (χ2n) is 6.33. The molecule has 0 radical (unpaired) electrons. The van der Waals surface area contributed by atoms with Gasteiger partial charge in [0.1, 0.15) is 0 Å². The molecule has 1 unspecified atom stereocenters. The molecule has 0 aliphatic heterocycles. The third-order valence-electron chi connectivity index (χ3n) is 4.40. The van der Waals surface area contributed by atoms with E-state index in [2.05, 4.69) is 27.5 Å². The zero-order chi connectivity index (χ0) is 18.8. The largest absolute Gasteiger partial charge is 0.339 e. The van der Waals surface area contributed by atoms with Gasteiger partial charge in [0.25, 0.3) is 0 Å². The summed E-state index contributed by atoms with van der Waals surface area (Å²) in [6.07, 6.45) is 1.25. The Hall–Kier alpha value is -1.89. The van der Waals surface area contributed by atoms with Crippen molar-refractivity contribution in [3.05, 3.63) is 56.9 Å². The SMILES string of the molecule is CNC(C)Cc1noc(Cc2c(C)nn(-c3ccc(Cl)cc3Cl)c2C)n1. The van der Waals surface area contributed by atoms with Crippen LogP contribution in [0.2, 0.25) is 10.0 Å². The van der Waals surface area contributed by atoms with Crippen LogP contribution in [-0.2, 0) is 12.8 Å². The Balaban J connectivity index is 1.87. The molecule has 0 bridgehead atoms. The van der Waals surface area contributed by atoms with Gasteiger partial charge in [-0.2, -0.15) is 10.1 Å². The van der Waals surface area contributed by atoms with Crippen molar-refractivity contribution in [2.45, 2.75) is 39.7 Å². The van der Waals surface area contributed by atoms with Crippen molar-refractivity contribution in [2.75, 3.05) is 7.05 Å². The molecule has 2 heterocycles. The van der Waals surface area contributed by atoms with Crippen LogP contribution in [0.3, 0.4) is 0 Å². The molecule has 1 aromatic carbocycles. The summed E-state index contributed by atoms with van der Waals surface area (Å²) in [7, 11) is 1.91. The maximum atomic E-state index is 6.33. The van der Waals surface area contributed by atoms with Gasteiger partial charge in [0, 0.05) is 28.7 Å². The van der Waals surface area contributed by atoms with Crippen LogP contribution < -0.4 is 5.32 Å². The summed E-state index contributed by atoms with van der Waals surface area (Å²) in [6.45, 7) is 6.04. The first kappa shape index (κ1) is 18.9. The molecule has 0 saturated heterocycles. The van der Waals surface area contributed by atoms with E-state index in [9.17, 15) is 0 Å². The molecule has 8 heteroatoms. The quantitative estimate of drug-likeness (QED) is 0.686. The molecular formula is C18H21Cl2N5O. The van der Waals surface area contributed by atoms with Gasteiger partial charge in [-0.25, -0.2) is 4.68 Å². The number of aryl methyl sites for hydroxylation is 1. The van der Waals surface area contributed by atoms with Gasteiger partial charge >= 0.3 is 0 Å². The van der Waals surface area contributed by atoms with Crippen LogP contribution in [0.5, 0.6) is 0 Å². The second kappa shape index (κ2) is 7.78. The molecule has 1 N–H and O–H groups in total. The van der Waals surface area contributed by atoms with E-state index in [0.29, 0.717) is 34.2 Å². The number of aromatic nitrogens is 4. The maximum absolute atomic E-state index is 6.33. The number of likely N-dealkylation sites (N-methyl/N-ethyl adjacent to an activating group) is 1. The van der Waals surface area contributed by atoms with Gasteiger partial charge in [0.15, 0.2) is 5.82 Å². The van der Waals surface area contributed by atoms with Crippen molar-refractivity contribution in [1.29, 1.82) is 0 Å². The highest BCUT2D eigenvalue weighted by atomic mass is 35.5. The monoisotopic (exact) mass is 393 g/mol. The van der Waals surface area contributed by atoms with Crippen molar-refractivity contribution < 1.29 is 4.52 Å². The minimum atomic E-state index is 0.290. The first-order valence-electron chi connectivity index (χ1n) is 8.38. The number of nitrogens with one attached hydrogen (secondary N) is 1. The Labute approximate surface area is 162 Å². The second-order valence-corrected chi connectivity index (χ2v) is 7.18. The van der Waals surface area contributed by atoms with E-state index in [1.807, 2.05) is 31.6 Å². The first-order valence-corrected chi connectivity index (χ1v) is 9.14. The average Bonchev–Trinajstić information content (AvgIpc) is 3.14. The summed E-state index contributed by atoms with van der Waals surface area (Å²) < 4.78 is 7.23. The van der Waals surface area contributed by atoms with Crippen molar-refractivity contribution in [3.8, 4) is 5.69 Å². The number of hydrogen-bond donors (Lipinski definition) is 1. The highest BCUT2D eigenvalue weighted by Crippen LogP contribution is 2.27. The molecule has 0 amide bonds. The van der Waals surface area contributed by atoms with E-state index in [0.717, 1.165) is 29.1 Å². The molecule has 1 atom stereocenters. The van der Waals surface area contributed by atoms with Crippen molar-refractivity contribution in [2.24, 2.45) is 0 Å². The predicted molar refractivity (Wildman–Crippen MR) is 102 cm³/mol. The Kier molecular flexibility index (Phi) is 5.65. The van der Waals surface area contributed by atoms with Crippen LogP contribution in [0.15, 0.2) is 22.7 Å². The van der Waals surface area contributed by atoms with Gasteiger partial charge in [-0.15, -0.1) is 0 Å². The van der Waals surface area contributed by atoms with E-state index < -0.39 is 0 Å². The number of benzene rings is 1. The third-order valence-corrected chi connectivity index (χ3v) is 4.94. The fraction of sp³-hybridized carbons (Fsp3) is 0.389. The van der Waals surface area contributed by atoms with Crippen molar-refractivity contribution in [3.63, 3.8) is 0 Å². The molecule has 0 fully saturated rings. The molecule has 2 aromatic heterocycles. The van der Waals surface area contributed by atoms with Crippen LogP contribution >= 0.6 is 23.2 Å². The molecule has 6 nitrogen and oxygen atoms in total. The Morgan fingerprint density at radius 1 is 1.27 bits per heavy atom. The summed E-state index contributed by atoms with van der Waals surface area (Å²) in [5.74, 6) is 1.28. The molecule has 138 valence electrons. The summed E-state index contributed by atoms with van der Waals surface area (Å²) in [5.41, 5.74) is 3.72. The molecule has 0 saturated carbocycles. The van der Waals surface area contributed by atoms with Crippen LogP contribution in [0.25, 0.3) is 5.69 Å². The summed E-state index contributed by atoms with van der Waals surface area (Å²) >= 11 is 12.3. The topological polar surface area (TPSA) is 68.8 Å². The zero-order valence-electron chi connectivity index (χ0n) is 15.2. The molecular weight excluding hydrogens is 373 g/mol. The fourth-order valence-electron chi connectivity index (χ4n) is 2.79. The Bertz CT molecular complexity index is 918. The molecule has 26 heavy (non-hydrogen) atoms. The fourth-order valence-corrected chi connectivity index (χ4v) is 3.28. The van der Waals surface area contributed by atoms with Crippen molar-refractivity contribution in [1.82, 2.24) is 25.2 Å². The van der Waals surface area contributed by atoms with Crippen molar-refractivity contribution >= 4 is 23.2 Å². The van der Waals surface area contributed by atoms with Gasteiger partial charge in [0.05, 0.1) is 22.8 Å².